The number of nitrogens with zero attached hydrogens (tertiary/aromatic N) is 2. The lowest BCUT2D eigenvalue weighted by molar-refractivity contribution is -0.147. The molecule has 6 rings (SSSR count). The van der Waals surface area contributed by atoms with Gasteiger partial charge in [0.25, 0.3) is 0 Å². The number of benzene rings is 1. The minimum Gasteiger partial charge on any atom is -0.369 e. The van der Waals surface area contributed by atoms with Gasteiger partial charge in [0, 0.05) is 24.5 Å². The van der Waals surface area contributed by atoms with Crippen LogP contribution in [0.15, 0.2) is 12.1 Å². The summed E-state index contributed by atoms with van der Waals surface area (Å²) < 4.78 is 63.9. The fourth-order valence-electron chi connectivity index (χ4n) is 7.10. The minimum atomic E-state index is -4.67. The van der Waals surface area contributed by atoms with Gasteiger partial charge in [-0.3, -0.25) is 23.0 Å². The zero-order valence-electron chi connectivity index (χ0n) is 19.8. The molecular weight excluding hydrogens is 556 g/mol. The Kier molecular flexibility index (Phi) is 6.85. The molecule has 206 valence electrons. The van der Waals surface area contributed by atoms with Crippen molar-refractivity contribution in [2.75, 3.05) is 23.9 Å². The molecule has 2 unspecified atom stereocenters. The molecule has 1 aromatic rings. The maximum Gasteiger partial charge on any atom is 0.416 e. The molecular formula is C23H29Cl2F3N4O4S. The molecule has 0 radical (unpaired) electrons. The van der Waals surface area contributed by atoms with E-state index in [0.717, 1.165) is 23.6 Å². The van der Waals surface area contributed by atoms with Gasteiger partial charge in [-0.15, -0.1) is 0 Å². The van der Waals surface area contributed by atoms with Crippen molar-refractivity contribution < 1.29 is 31.9 Å². The first-order valence-corrected chi connectivity index (χ1v) is 14.4. The van der Waals surface area contributed by atoms with E-state index in [1.807, 2.05) is 0 Å². The van der Waals surface area contributed by atoms with Gasteiger partial charge in [-0.05, 0) is 79.4 Å². The molecule has 0 aromatic heterocycles. The average Bonchev–Trinajstić information content (AvgIpc) is 2.77. The van der Waals surface area contributed by atoms with Crippen molar-refractivity contribution in [3.05, 3.63) is 27.7 Å². The van der Waals surface area contributed by atoms with E-state index in [2.05, 4.69) is 5.32 Å². The predicted octanol–water partition coefficient (Wildman–Crippen LogP) is 4.90. The number of hydrogen-bond donors (Lipinski definition) is 4. The molecule has 5 fully saturated rings. The van der Waals surface area contributed by atoms with Crippen molar-refractivity contribution in [1.82, 2.24) is 9.62 Å². The van der Waals surface area contributed by atoms with Crippen LogP contribution in [0.1, 0.15) is 44.1 Å². The minimum absolute atomic E-state index is 0.0780. The van der Waals surface area contributed by atoms with Crippen molar-refractivity contribution >= 4 is 51.7 Å². The average molecular weight is 585 g/mol. The predicted molar refractivity (Wildman–Crippen MR) is 135 cm³/mol. The van der Waals surface area contributed by atoms with Crippen LogP contribution < -0.4 is 15.4 Å². The van der Waals surface area contributed by atoms with Crippen LogP contribution >= 0.6 is 34.2 Å². The Morgan fingerprint density at radius 1 is 1.11 bits per heavy atom. The number of carbonyl (C=O) groups is 2. The van der Waals surface area contributed by atoms with Gasteiger partial charge in [0.05, 0.1) is 27.8 Å². The summed E-state index contributed by atoms with van der Waals surface area (Å²) >= 11 is 12.2. The number of halogens is 5. The standard InChI is InChI=1S/C23H29Cl2F3N4O4S/c24-16-6-15(23(26,27)28)7-17(25)20(16)32-3-1-2-31(37(32,35)36)11-18(33)30-19-13-4-12-5-14(19)10-22(8-12,9-13)21(29)34/h6-7,12-14,19,35-36H,1-5,8-11H2,(H2,29,34)(H,30,33). The van der Waals surface area contributed by atoms with Gasteiger partial charge in [-0.2, -0.15) is 17.5 Å². The van der Waals surface area contributed by atoms with Crippen molar-refractivity contribution in [2.24, 2.45) is 28.9 Å². The van der Waals surface area contributed by atoms with E-state index in [0.29, 0.717) is 37.3 Å². The molecule has 4 aliphatic carbocycles. The fraction of sp³-hybridized carbons (Fsp3) is 0.652. The van der Waals surface area contributed by atoms with Crippen molar-refractivity contribution in [3.8, 4) is 0 Å². The van der Waals surface area contributed by atoms with E-state index in [9.17, 15) is 31.9 Å². The first-order valence-electron chi connectivity index (χ1n) is 12.2. The highest BCUT2D eigenvalue weighted by Gasteiger charge is 2.58. The molecule has 8 nitrogen and oxygen atoms in total. The Hall–Kier alpha value is -1.44. The second kappa shape index (κ2) is 9.34. The Morgan fingerprint density at radius 3 is 2.24 bits per heavy atom. The third kappa shape index (κ3) is 4.78. The number of anilines is 1. The first-order chi connectivity index (χ1) is 17.2. The molecule has 4 bridgehead atoms. The third-order valence-corrected chi connectivity index (χ3v) is 11.0. The lowest BCUT2D eigenvalue weighted by Crippen LogP contribution is -2.62. The molecule has 5 aliphatic rings. The highest BCUT2D eigenvalue weighted by atomic mass is 35.5. The summed E-state index contributed by atoms with van der Waals surface area (Å²) in [7, 11) is -3.79. The van der Waals surface area contributed by atoms with Crippen molar-refractivity contribution in [2.45, 2.75) is 50.7 Å². The second-order valence-corrected chi connectivity index (χ2v) is 13.6. The topological polar surface area (TPSA) is 119 Å². The molecule has 2 atom stereocenters. The van der Waals surface area contributed by atoms with Crippen LogP contribution in [0.25, 0.3) is 0 Å². The van der Waals surface area contributed by atoms with Gasteiger partial charge in [0.15, 0.2) is 0 Å². The summed E-state index contributed by atoms with van der Waals surface area (Å²) in [5.74, 6) is 0.0620. The number of alkyl halides is 3. The van der Waals surface area contributed by atoms with Crippen LogP contribution in [0.4, 0.5) is 18.9 Å². The summed E-state index contributed by atoms with van der Waals surface area (Å²) in [6, 6.07) is 1.27. The highest BCUT2D eigenvalue weighted by Crippen LogP contribution is 2.60. The van der Waals surface area contributed by atoms with Crippen LogP contribution in [-0.2, 0) is 15.8 Å². The van der Waals surface area contributed by atoms with Crippen LogP contribution in [0, 0.1) is 23.2 Å². The highest BCUT2D eigenvalue weighted by molar-refractivity contribution is 8.23. The Labute approximate surface area is 224 Å². The molecule has 5 N–H and O–H groups in total. The monoisotopic (exact) mass is 584 g/mol. The lowest BCUT2D eigenvalue weighted by atomic mass is 9.47. The normalized spacial score (nSPS) is 33.9. The number of nitrogens with one attached hydrogen (secondary N) is 1. The van der Waals surface area contributed by atoms with Crippen LogP contribution in [0.5, 0.6) is 0 Å². The fourth-order valence-corrected chi connectivity index (χ4v) is 9.65. The summed E-state index contributed by atoms with van der Waals surface area (Å²) in [6.45, 7) is -0.0594. The van der Waals surface area contributed by atoms with Crippen molar-refractivity contribution in [3.63, 3.8) is 0 Å². The largest absolute Gasteiger partial charge is 0.416 e. The van der Waals surface area contributed by atoms with E-state index in [4.69, 9.17) is 28.9 Å². The van der Waals surface area contributed by atoms with Crippen LogP contribution in [0.2, 0.25) is 10.0 Å². The van der Waals surface area contributed by atoms with E-state index < -0.39 is 34.0 Å². The number of nitrogens with two attached hydrogens (primary N) is 1. The van der Waals surface area contributed by atoms with Gasteiger partial charge in [-0.1, -0.05) is 23.2 Å². The molecule has 0 spiro atoms. The molecule has 1 aromatic carbocycles. The maximum atomic E-state index is 13.1. The van der Waals surface area contributed by atoms with Gasteiger partial charge in [0.2, 0.25) is 11.8 Å². The van der Waals surface area contributed by atoms with Crippen LogP contribution in [-0.4, -0.2) is 50.9 Å². The van der Waals surface area contributed by atoms with E-state index in [-0.39, 0.29) is 59.2 Å². The van der Waals surface area contributed by atoms with Crippen molar-refractivity contribution in [1.29, 1.82) is 0 Å². The smallest absolute Gasteiger partial charge is 0.369 e. The summed E-state index contributed by atoms with van der Waals surface area (Å²) in [4.78, 5) is 25.3. The summed E-state index contributed by atoms with van der Waals surface area (Å²) in [6.07, 6.45) is -0.308. The number of primary amides is 1. The van der Waals surface area contributed by atoms with Gasteiger partial charge in [0.1, 0.15) is 0 Å². The molecule has 14 heteroatoms. The SMILES string of the molecule is NC(=O)C12CC3CC(C1)C(NC(=O)CN1CCCN(c4c(Cl)cc(C(F)(F)F)cc4Cl)S1(O)O)C(C3)C2. The van der Waals surface area contributed by atoms with E-state index in [1.54, 1.807) is 0 Å². The summed E-state index contributed by atoms with van der Waals surface area (Å²) in [5, 5.41) is 2.32. The van der Waals surface area contributed by atoms with E-state index in [1.165, 1.54) is 4.31 Å². The number of hydrogen-bond acceptors (Lipinski definition) is 6. The Morgan fingerprint density at radius 2 is 1.70 bits per heavy atom. The molecule has 4 saturated carbocycles. The Bertz CT molecular complexity index is 1080. The van der Waals surface area contributed by atoms with E-state index >= 15 is 0 Å². The molecule has 1 saturated heterocycles. The van der Waals surface area contributed by atoms with Gasteiger partial charge >= 0.3 is 6.18 Å². The molecule has 1 heterocycles. The van der Waals surface area contributed by atoms with Crippen LogP contribution in [0.3, 0.4) is 0 Å². The lowest BCUT2D eigenvalue weighted by Gasteiger charge is -2.59. The Balaban J connectivity index is 1.30. The number of rotatable bonds is 5. The quantitative estimate of drug-likeness (QED) is 0.391. The van der Waals surface area contributed by atoms with Gasteiger partial charge in [-0.25, -0.2) is 0 Å². The number of carbonyl (C=O) groups excluding carboxylic acids is 2. The summed E-state index contributed by atoms with van der Waals surface area (Å²) in [5.41, 5.74) is 4.08. The zero-order chi connectivity index (χ0) is 26.9. The maximum absolute atomic E-state index is 13.1. The molecule has 2 amide bonds. The first kappa shape index (κ1) is 27.1. The number of amides is 2. The third-order valence-electron chi connectivity index (χ3n) is 8.45. The molecule has 1 aliphatic heterocycles. The molecule has 37 heavy (non-hydrogen) atoms. The van der Waals surface area contributed by atoms with Gasteiger partial charge < -0.3 is 11.1 Å². The second-order valence-electron chi connectivity index (χ2n) is 10.8. The zero-order valence-corrected chi connectivity index (χ0v) is 22.1.